The molecule has 0 bridgehead atoms. The quantitative estimate of drug-likeness (QED) is 0.708. The number of benzene rings is 2. The van der Waals surface area contributed by atoms with Crippen molar-refractivity contribution in [1.29, 1.82) is 10.5 Å². The predicted octanol–water partition coefficient (Wildman–Crippen LogP) is 4.70. The zero-order valence-electron chi connectivity index (χ0n) is 9.87. The van der Waals surface area contributed by atoms with Crippen LogP contribution in [0.2, 0.25) is 10.0 Å². The second-order valence-corrected chi connectivity index (χ2v) is 4.32. The van der Waals surface area contributed by atoms with Crippen LogP contribution in [0.15, 0.2) is 36.4 Å². The van der Waals surface area contributed by atoms with E-state index in [1.807, 2.05) is 6.07 Å². The Morgan fingerprint density at radius 2 is 1.50 bits per heavy atom. The molecule has 6 heteroatoms. The summed E-state index contributed by atoms with van der Waals surface area (Å²) in [5.74, 6) is -1.29. The molecule has 100 valence electrons. The lowest BCUT2D eigenvalue weighted by atomic mass is 10.2. The van der Waals surface area contributed by atoms with Crippen LogP contribution < -0.4 is 0 Å². The van der Waals surface area contributed by atoms with Crippen molar-refractivity contribution in [3.8, 4) is 12.1 Å². The molecule has 2 aromatic rings. The molecule has 20 heavy (non-hydrogen) atoms. The molecule has 2 aromatic carbocycles. The van der Waals surface area contributed by atoms with Gasteiger partial charge in [-0.3, -0.25) is 0 Å². The van der Waals surface area contributed by atoms with Crippen LogP contribution in [-0.2, 0) is 0 Å². The summed E-state index contributed by atoms with van der Waals surface area (Å²) in [7, 11) is 0. The highest BCUT2D eigenvalue weighted by atomic mass is 35.5. The van der Waals surface area contributed by atoms with E-state index in [-0.39, 0.29) is 5.56 Å². The molecule has 0 N–H and O–H groups in total. The first kappa shape index (κ1) is 15.9. The molecule has 2 rings (SSSR count). The van der Waals surface area contributed by atoms with Crippen LogP contribution in [0.1, 0.15) is 11.1 Å². The third kappa shape index (κ3) is 4.51. The smallest absolute Gasteiger partial charge is 0.141 e. The molecule has 2 nitrogen and oxygen atoms in total. The van der Waals surface area contributed by atoms with Gasteiger partial charge in [0, 0.05) is 5.02 Å². The zero-order valence-corrected chi connectivity index (χ0v) is 11.4. The summed E-state index contributed by atoms with van der Waals surface area (Å²) < 4.78 is 24.6. The first-order chi connectivity index (χ1) is 9.47. The summed E-state index contributed by atoms with van der Waals surface area (Å²) in [4.78, 5) is 0. The second kappa shape index (κ2) is 7.45. The van der Waals surface area contributed by atoms with Crippen molar-refractivity contribution in [3.63, 3.8) is 0 Å². The van der Waals surface area contributed by atoms with Crippen LogP contribution in [0.3, 0.4) is 0 Å². The second-order valence-electron chi connectivity index (χ2n) is 3.47. The third-order valence-electron chi connectivity index (χ3n) is 2.10. The predicted molar refractivity (Wildman–Crippen MR) is 72.3 cm³/mol. The van der Waals surface area contributed by atoms with E-state index in [0.717, 1.165) is 18.2 Å². The molecule has 0 aliphatic carbocycles. The Morgan fingerprint density at radius 3 is 2.00 bits per heavy atom. The number of nitriles is 2. The minimum atomic E-state index is -0.691. The monoisotopic (exact) mass is 310 g/mol. The van der Waals surface area contributed by atoms with Gasteiger partial charge < -0.3 is 0 Å². The molecule has 0 fully saturated rings. The number of halogens is 4. The first-order valence-corrected chi connectivity index (χ1v) is 5.94. The maximum Gasteiger partial charge on any atom is 0.141 e. The Labute approximate surface area is 124 Å². The van der Waals surface area contributed by atoms with E-state index in [4.69, 9.17) is 33.7 Å². The van der Waals surface area contributed by atoms with Gasteiger partial charge in [-0.15, -0.1) is 0 Å². The summed E-state index contributed by atoms with van der Waals surface area (Å²) in [5, 5.41) is 17.6. The summed E-state index contributed by atoms with van der Waals surface area (Å²) in [6, 6.07) is 11.0. The van der Waals surface area contributed by atoms with Crippen LogP contribution in [0, 0.1) is 34.3 Å². The molecular weight excluding hydrogens is 305 g/mol. The average Bonchev–Trinajstić information content (AvgIpc) is 2.42. The van der Waals surface area contributed by atoms with Gasteiger partial charge in [-0.1, -0.05) is 23.2 Å². The molecule has 0 aromatic heterocycles. The molecule has 0 spiro atoms. The molecule has 0 atom stereocenters. The van der Waals surface area contributed by atoms with Crippen molar-refractivity contribution in [3.05, 3.63) is 69.2 Å². The van der Waals surface area contributed by atoms with Crippen molar-refractivity contribution in [2.45, 2.75) is 0 Å². The van der Waals surface area contributed by atoms with E-state index in [1.54, 1.807) is 18.2 Å². The fraction of sp³-hybridized carbons (Fsp3) is 0. The van der Waals surface area contributed by atoms with Gasteiger partial charge in [0.05, 0.1) is 16.1 Å². The Bertz CT molecular complexity index is 703. The Kier molecular flexibility index (Phi) is 5.93. The van der Waals surface area contributed by atoms with Crippen LogP contribution in [0.5, 0.6) is 0 Å². The van der Waals surface area contributed by atoms with Gasteiger partial charge in [0.25, 0.3) is 0 Å². The van der Waals surface area contributed by atoms with E-state index in [0.29, 0.717) is 15.6 Å². The molecule has 0 saturated carbocycles. The number of hydrogen-bond acceptors (Lipinski definition) is 2. The molecule has 0 unspecified atom stereocenters. The molecule has 0 aliphatic rings. The van der Waals surface area contributed by atoms with E-state index in [9.17, 15) is 8.78 Å². The van der Waals surface area contributed by atoms with Crippen molar-refractivity contribution in [2.75, 3.05) is 0 Å². The highest BCUT2D eigenvalue weighted by Crippen LogP contribution is 2.19. The highest BCUT2D eigenvalue weighted by Gasteiger charge is 2.00. The van der Waals surface area contributed by atoms with Gasteiger partial charge in [0.2, 0.25) is 0 Å². The van der Waals surface area contributed by atoms with Crippen LogP contribution in [-0.4, -0.2) is 0 Å². The standard InChI is InChI=1S/C7H3Cl2N.C7H3F2N/c8-6-2-1-5(4-10)7(9)3-6;8-6-1-2-7(9)5(3-6)4-10/h2*1-3H. The maximum absolute atomic E-state index is 12.4. The van der Waals surface area contributed by atoms with Crippen LogP contribution in [0.4, 0.5) is 8.78 Å². The molecule has 0 radical (unpaired) electrons. The molecule has 0 saturated heterocycles. The van der Waals surface area contributed by atoms with Crippen LogP contribution in [0.25, 0.3) is 0 Å². The number of hydrogen-bond donors (Lipinski definition) is 0. The molecule has 0 amide bonds. The maximum atomic E-state index is 12.4. The van der Waals surface area contributed by atoms with Gasteiger partial charge in [0.15, 0.2) is 0 Å². The summed E-state index contributed by atoms with van der Waals surface area (Å²) in [5.41, 5.74) is 0.186. The normalized spacial score (nSPS) is 8.90. The lowest BCUT2D eigenvalue weighted by Gasteiger charge is -1.92. The van der Waals surface area contributed by atoms with Crippen molar-refractivity contribution in [2.24, 2.45) is 0 Å². The first-order valence-electron chi connectivity index (χ1n) is 5.18. The fourth-order valence-corrected chi connectivity index (χ4v) is 1.61. The van der Waals surface area contributed by atoms with E-state index in [1.165, 1.54) is 6.07 Å². The van der Waals surface area contributed by atoms with Crippen molar-refractivity contribution >= 4 is 23.2 Å². The third-order valence-corrected chi connectivity index (χ3v) is 2.65. The number of rotatable bonds is 0. The zero-order chi connectivity index (χ0) is 15.1. The average molecular weight is 311 g/mol. The van der Waals surface area contributed by atoms with Gasteiger partial charge in [-0.05, 0) is 36.4 Å². The van der Waals surface area contributed by atoms with E-state index < -0.39 is 11.6 Å². The molecular formula is C14H6Cl2F2N2. The number of nitrogens with zero attached hydrogens (tertiary/aromatic N) is 2. The minimum Gasteiger partial charge on any atom is -0.207 e. The molecule has 0 aliphatic heterocycles. The van der Waals surface area contributed by atoms with Gasteiger partial charge in [-0.25, -0.2) is 8.78 Å². The van der Waals surface area contributed by atoms with Crippen molar-refractivity contribution < 1.29 is 8.78 Å². The summed E-state index contributed by atoms with van der Waals surface area (Å²) >= 11 is 11.2. The Morgan fingerprint density at radius 1 is 0.850 bits per heavy atom. The van der Waals surface area contributed by atoms with Gasteiger partial charge in [0.1, 0.15) is 23.8 Å². The minimum absolute atomic E-state index is 0.264. The highest BCUT2D eigenvalue weighted by molar-refractivity contribution is 6.35. The summed E-state index contributed by atoms with van der Waals surface area (Å²) in [6.07, 6.45) is 0. The lowest BCUT2D eigenvalue weighted by Crippen LogP contribution is -1.83. The van der Waals surface area contributed by atoms with Gasteiger partial charge >= 0.3 is 0 Å². The lowest BCUT2D eigenvalue weighted by molar-refractivity contribution is 0.597. The largest absolute Gasteiger partial charge is 0.207 e. The van der Waals surface area contributed by atoms with E-state index in [2.05, 4.69) is 0 Å². The topological polar surface area (TPSA) is 47.6 Å². The van der Waals surface area contributed by atoms with Crippen molar-refractivity contribution in [1.82, 2.24) is 0 Å². The Balaban J connectivity index is 0.000000200. The molecule has 0 heterocycles. The fourth-order valence-electron chi connectivity index (χ4n) is 1.16. The Hall–Kier alpha value is -2.14. The summed E-state index contributed by atoms with van der Waals surface area (Å²) in [6.45, 7) is 0. The van der Waals surface area contributed by atoms with E-state index >= 15 is 0 Å². The van der Waals surface area contributed by atoms with Gasteiger partial charge in [-0.2, -0.15) is 10.5 Å². The van der Waals surface area contributed by atoms with Crippen LogP contribution >= 0.6 is 23.2 Å². The SMILES string of the molecule is N#Cc1cc(F)ccc1F.N#Cc1ccc(Cl)cc1Cl.